The van der Waals surface area contributed by atoms with Crippen molar-refractivity contribution in [1.29, 1.82) is 5.26 Å². The van der Waals surface area contributed by atoms with Crippen molar-refractivity contribution in [3.05, 3.63) is 33.8 Å². The largest absolute Gasteiger partial charge is 0.285 e. The van der Waals surface area contributed by atoms with Crippen LogP contribution >= 0.6 is 15.9 Å². The van der Waals surface area contributed by atoms with Gasteiger partial charge in [0.05, 0.1) is 6.07 Å². The van der Waals surface area contributed by atoms with Crippen LogP contribution < -0.4 is 0 Å². The molecule has 0 aliphatic carbocycles. The van der Waals surface area contributed by atoms with E-state index in [1.165, 1.54) is 11.1 Å². The van der Waals surface area contributed by atoms with Crippen molar-refractivity contribution in [2.75, 3.05) is 7.05 Å². The van der Waals surface area contributed by atoms with Gasteiger partial charge in [-0.3, -0.25) is 4.90 Å². The molecule has 86 valence electrons. The lowest BCUT2D eigenvalue weighted by Gasteiger charge is -2.29. The number of benzene rings is 1. The molecule has 0 heterocycles. The summed E-state index contributed by atoms with van der Waals surface area (Å²) in [5.41, 5.74) is 2.07. The Hall–Kier alpha value is -0.850. The van der Waals surface area contributed by atoms with Crippen LogP contribution in [0.3, 0.4) is 0 Å². The fourth-order valence-electron chi connectivity index (χ4n) is 1.35. The van der Waals surface area contributed by atoms with Crippen LogP contribution in [-0.2, 0) is 6.54 Å². The van der Waals surface area contributed by atoms with E-state index in [2.05, 4.69) is 46.0 Å². The SMILES string of the molecule is Cc1ccc(Br)cc1CN(C)C(C)(C)C#N. The molecule has 0 bridgehead atoms. The molecule has 3 heteroatoms. The van der Waals surface area contributed by atoms with E-state index in [1.807, 2.05) is 27.0 Å². The van der Waals surface area contributed by atoms with Crippen LogP contribution in [0.15, 0.2) is 22.7 Å². The van der Waals surface area contributed by atoms with Gasteiger partial charge in [0, 0.05) is 11.0 Å². The summed E-state index contributed by atoms with van der Waals surface area (Å²) >= 11 is 3.47. The van der Waals surface area contributed by atoms with Crippen molar-refractivity contribution < 1.29 is 0 Å². The second-order valence-corrected chi connectivity index (χ2v) is 5.51. The number of aryl methyl sites for hydroxylation is 1. The van der Waals surface area contributed by atoms with Crippen LogP contribution in [0.5, 0.6) is 0 Å². The molecule has 0 fully saturated rings. The third-order valence-electron chi connectivity index (χ3n) is 2.95. The number of nitrogens with zero attached hydrogens (tertiary/aromatic N) is 2. The summed E-state index contributed by atoms with van der Waals surface area (Å²) in [4.78, 5) is 2.06. The lowest BCUT2D eigenvalue weighted by Crippen LogP contribution is -2.39. The van der Waals surface area contributed by atoms with Gasteiger partial charge in [-0.2, -0.15) is 5.26 Å². The van der Waals surface area contributed by atoms with Crippen molar-refractivity contribution in [3.8, 4) is 6.07 Å². The number of halogens is 1. The fourth-order valence-corrected chi connectivity index (χ4v) is 1.76. The van der Waals surface area contributed by atoms with Crippen LogP contribution in [0, 0.1) is 18.3 Å². The highest BCUT2D eigenvalue weighted by Crippen LogP contribution is 2.20. The lowest BCUT2D eigenvalue weighted by atomic mass is 10.0. The summed E-state index contributed by atoms with van der Waals surface area (Å²) < 4.78 is 1.08. The molecule has 0 amide bonds. The van der Waals surface area contributed by atoms with Gasteiger partial charge in [-0.15, -0.1) is 0 Å². The van der Waals surface area contributed by atoms with E-state index in [1.54, 1.807) is 0 Å². The maximum absolute atomic E-state index is 9.07. The molecule has 0 atom stereocenters. The normalized spacial score (nSPS) is 11.6. The molecule has 0 aliphatic rings. The maximum Gasteiger partial charge on any atom is 0.103 e. The van der Waals surface area contributed by atoms with Gasteiger partial charge in [0.1, 0.15) is 5.54 Å². The number of nitriles is 1. The number of hydrogen-bond acceptors (Lipinski definition) is 2. The predicted molar refractivity (Wildman–Crippen MR) is 70.0 cm³/mol. The third-order valence-corrected chi connectivity index (χ3v) is 3.44. The molecule has 2 nitrogen and oxygen atoms in total. The molecule has 16 heavy (non-hydrogen) atoms. The smallest absolute Gasteiger partial charge is 0.103 e. The van der Waals surface area contributed by atoms with Crippen molar-refractivity contribution >= 4 is 15.9 Å². The van der Waals surface area contributed by atoms with E-state index in [-0.39, 0.29) is 0 Å². The van der Waals surface area contributed by atoms with E-state index in [4.69, 9.17) is 5.26 Å². The highest BCUT2D eigenvalue weighted by Gasteiger charge is 2.23. The van der Waals surface area contributed by atoms with Gasteiger partial charge in [0.25, 0.3) is 0 Å². The molecule has 0 radical (unpaired) electrons. The predicted octanol–water partition coefficient (Wildman–Crippen LogP) is 3.49. The topological polar surface area (TPSA) is 27.0 Å². The Bertz CT molecular complexity index is 418. The van der Waals surface area contributed by atoms with Crippen molar-refractivity contribution in [2.45, 2.75) is 32.9 Å². The first-order valence-electron chi connectivity index (χ1n) is 5.24. The summed E-state index contributed by atoms with van der Waals surface area (Å²) in [6.45, 7) is 6.74. The van der Waals surface area contributed by atoms with Crippen molar-refractivity contribution in [3.63, 3.8) is 0 Å². The first-order chi connectivity index (χ1) is 7.36. The van der Waals surface area contributed by atoms with Gasteiger partial charge in [0.15, 0.2) is 0 Å². The van der Waals surface area contributed by atoms with E-state index in [0.717, 1.165) is 11.0 Å². The molecule has 0 spiro atoms. The minimum atomic E-state index is -0.436. The summed E-state index contributed by atoms with van der Waals surface area (Å²) in [6, 6.07) is 8.55. The fraction of sp³-hybridized carbons (Fsp3) is 0.462. The van der Waals surface area contributed by atoms with E-state index < -0.39 is 5.54 Å². The van der Waals surface area contributed by atoms with Crippen LogP contribution in [0.2, 0.25) is 0 Å². The zero-order valence-corrected chi connectivity index (χ0v) is 11.8. The zero-order valence-electron chi connectivity index (χ0n) is 10.2. The second kappa shape index (κ2) is 4.99. The maximum atomic E-state index is 9.07. The first-order valence-corrected chi connectivity index (χ1v) is 6.03. The van der Waals surface area contributed by atoms with E-state index in [9.17, 15) is 0 Å². The summed E-state index contributed by atoms with van der Waals surface area (Å²) in [5.74, 6) is 0. The Morgan fingerprint density at radius 1 is 1.44 bits per heavy atom. The summed E-state index contributed by atoms with van der Waals surface area (Å²) in [7, 11) is 1.98. The molecule has 0 aromatic heterocycles. The molecular formula is C13H17BrN2. The highest BCUT2D eigenvalue weighted by atomic mass is 79.9. The average Bonchev–Trinajstić information content (AvgIpc) is 2.23. The summed E-state index contributed by atoms with van der Waals surface area (Å²) in [6.07, 6.45) is 0. The molecule has 1 aromatic rings. The Kier molecular flexibility index (Phi) is 4.12. The lowest BCUT2D eigenvalue weighted by molar-refractivity contribution is 0.202. The van der Waals surface area contributed by atoms with Gasteiger partial charge in [-0.25, -0.2) is 0 Å². The standard InChI is InChI=1S/C13H17BrN2/c1-10-5-6-12(14)7-11(10)8-16(4)13(2,3)9-15/h5-7H,8H2,1-4H3. The number of hydrogen-bond donors (Lipinski definition) is 0. The highest BCUT2D eigenvalue weighted by molar-refractivity contribution is 9.10. The molecule has 0 saturated carbocycles. The molecule has 0 saturated heterocycles. The van der Waals surface area contributed by atoms with E-state index >= 15 is 0 Å². The van der Waals surface area contributed by atoms with Crippen LogP contribution in [0.25, 0.3) is 0 Å². The van der Waals surface area contributed by atoms with Crippen molar-refractivity contribution in [1.82, 2.24) is 4.90 Å². The van der Waals surface area contributed by atoms with Crippen molar-refractivity contribution in [2.24, 2.45) is 0 Å². The minimum absolute atomic E-state index is 0.436. The first kappa shape index (κ1) is 13.2. The Balaban J connectivity index is 2.89. The quantitative estimate of drug-likeness (QED) is 0.848. The monoisotopic (exact) mass is 280 g/mol. The Labute approximate surface area is 106 Å². The van der Waals surface area contributed by atoms with Gasteiger partial charge < -0.3 is 0 Å². The van der Waals surface area contributed by atoms with E-state index in [0.29, 0.717) is 0 Å². The Morgan fingerprint density at radius 2 is 2.06 bits per heavy atom. The second-order valence-electron chi connectivity index (χ2n) is 4.60. The molecule has 0 aliphatic heterocycles. The molecule has 1 rings (SSSR count). The zero-order chi connectivity index (χ0) is 12.3. The summed E-state index contributed by atoms with van der Waals surface area (Å²) in [5, 5.41) is 9.07. The van der Waals surface area contributed by atoms with Crippen LogP contribution in [0.1, 0.15) is 25.0 Å². The minimum Gasteiger partial charge on any atom is -0.285 e. The third kappa shape index (κ3) is 3.07. The van der Waals surface area contributed by atoms with Gasteiger partial charge >= 0.3 is 0 Å². The molecule has 0 unspecified atom stereocenters. The molecule has 0 N–H and O–H groups in total. The number of rotatable bonds is 3. The molecular weight excluding hydrogens is 264 g/mol. The van der Waals surface area contributed by atoms with Gasteiger partial charge in [0.2, 0.25) is 0 Å². The van der Waals surface area contributed by atoms with Crippen LogP contribution in [0.4, 0.5) is 0 Å². The van der Waals surface area contributed by atoms with Gasteiger partial charge in [-0.1, -0.05) is 22.0 Å². The Morgan fingerprint density at radius 3 is 2.62 bits per heavy atom. The molecule has 1 aromatic carbocycles. The average molecular weight is 281 g/mol. The van der Waals surface area contributed by atoms with Crippen LogP contribution in [-0.4, -0.2) is 17.5 Å². The van der Waals surface area contributed by atoms with Gasteiger partial charge in [-0.05, 0) is 51.1 Å².